The minimum absolute atomic E-state index is 0.0862. The lowest BCUT2D eigenvalue weighted by atomic mass is 10.1. The Hall–Kier alpha value is -3.09. The molecule has 0 saturated heterocycles. The summed E-state index contributed by atoms with van der Waals surface area (Å²) in [5.41, 5.74) is -1.64. The van der Waals surface area contributed by atoms with Gasteiger partial charge in [-0.25, -0.2) is 4.79 Å². The highest BCUT2D eigenvalue weighted by molar-refractivity contribution is 6.05. The summed E-state index contributed by atoms with van der Waals surface area (Å²) in [5, 5.41) is 3.71. The topological polar surface area (TPSA) is 48.0 Å². The lowest BCUT2D eigenvalue weighted by Gasteiger charge is -2.03. The molecule has 0 aliphatic carbocycles. The Bertz CT molecular complexity index is 1110. The van der Waals surface area contributed by atoms with Crippen LogP contribution in [-0.2, 0) is 6.18 Å². The molecule has 0 spiro atoms. The quantitative estimate of drug-likeness (QED) is 0.527. The molecule has 7 heteroatoms. The first kappa shape index (κ1) is 14.5. The Morgan fingerprint density at radius 1 is 0.917 bits per heavy atom. The monoisotopic (exact) mass is 330 g/mol. The van der Waals surface area contributed by atoms with Crippen molar-refractivity contribution in [3.05, 3.63) is 70.7 Å². The number of hydrogen-bond acceptors (Lipinski definition) is 3. The number of aromatic nitrogens is 2. The van der Waals surface area contributed by atoms with Crippen molar-refractivity contribution >= 4 is 21.9 Å². The van der Waals surface area contributed by atoms with E-state index in [1.807, 2.05) is 0 Å². The number of nitrogens with zero attached hydrogens (tertiary/aromatic N) is 2. The van der Waals surface area contributed by atoms with Crippen molar-refractivity contribution in [1.82, 2.24) is 9.78 Å². The Kier molecular flexibility index (Phi) is 2.99. The van der Waals surface area contributed by atoms with E-state index in [4.69, 9.17) is 4.42 Å². The maximum absolute atomic E-state index is 13.5. The molecule has 0 bridgehead atoms. The van der Waals surface area contributed by atoms with Crippen molar-refractivity contribution in [2.24, 2.45) is 0 Å². The largest absolute Gasteiger partial charge is 0.435 e. The van der Waals surface area contributed by atoms with E-state index >= 15 is 0 Å². The third-order valence-corrected chi connectivity index (χ3v) is 3.72. The Labute approximate surface area is 132 Å². The highest BCUT2D eigenvalue weighted by Gasteiger charge is 2.38. The molecule has 4 aromatic rings. The summed E-state index contributed by atoms with van der Waals surface area (Å²) in [6.07, 6.45) is -4.68. The Morgan fingerprint density at radius 2 is 1.54 bits per heavy atom. The molecule has 24 heavy (non-hydrogen) atoms. The van der Waals surface area contributed by atoms with Gasteiger partial charge in [0.1, 0.15) is 0 Å². The zero-order chi connectivity index (χ0) is 16.9. The minimum atomic E-state index is -4.68. The van der Waals surface area contributed by atoms with Crippen molar-refractivity contribution in [3.8, 4) is 5.69 Å². The molecule has 4 rings (SSSR count). The lowest BCUT2D eigenvalue weighted by molar-refractivity contribution is -0.140. The zero-order valence-corrected chi connectivity index (χ0v) is 12.0. The molecule has 0 N–H and O–H groups in total. The van der Waals surface area contributed by atoms with Crippen LogP contribution in [0.1, 0.15) is 5.69 Å². The van der Waals surface area contributed by atoms with Gasteiger partial charge >= 0.3 is 11.8 Å². The fourth-order valence-corrected chi connectivity index (χ4v) is 2.70. The minimum Gasteiger partial charge on any atom is -0.403 e. The van der Waals surface area contributed by atoms with Crippen LogP contribution in [0.4, 0.5) is 13.2 Å². The average Bonchev–Trinajstić information content (AvgIpc) is 2.96. The molecule has 4 nitrogen and oxygen atoms in total. The normalized spacial score (nSPS) is 12.1. The molecule has 0 radical (unpaired) electrons. The van der Waals surface area contributed by atoms with Gasteiger partial charge in [-0.1, -0.05) is 36.4 Å². The van der Waals surface area contributed by atoms with Crippen molar-refractivity contribution < 1.29 is 17.6 Å². The third kappa shape index (κ3) is 2.09. The second kappa shape index (κ2) is 4.95. The molecule has 2 heterocycles. The van der Waals surface area contributed by atoms with E-state index in [2.05, 4.69) is 5.10 Å². The first-order valence-corrected chi connectivity index (χ1v) is 7.04. The van der Waals surface area contributed by atoms with Gasteiger partial charge in [0.05, 0.1) is 16.5 Å². The summed E-state index contributed by atoms with van der Waals surface area (Å²) in [6.45, 7) is 0. The van der Waals surface area contributed by atoms with Crippen LogP contribution in [-0.4, -0.2) is 9.78 Å². The molecule has 0 amide bonds. The first-order chi connectivity index (χ1) is 11.5. The first-order valence-electron chi connectivity index (χ1n) is 7.04. The number of hydrogen-bond donors (Lipinski definition) is 0. The van der Waals surface area contributed by atoms with Crippen LogP contribution in [0.3, 0.4) is 0 Å². The maximum atomic E-state index is 13.5. The van der Waals surface area contributed by atoms with Gasteiger partial charge in [0, 0.05) is 5.39 Å². The van der Waals surface area contributed by atoms with Crippen molar-refractivity contribution in [2.75, 3.05) is 0 Å². The second-order valence-corrected chi connectivity index (χ2v) is 5.21. The summed E-state index contributed by atoms with van der Waals surface area (Å²) in [6, 6.07) is 14.3. The smallest absolute Gasteiger partial charge is 0.403 e. The van der Waals surface area contributed by atoms with Gasteiger partial charge in [0.25, 0.3) is 0 Å². The van der Waals surface area contributed by atoms with Crippen LogP contribution in [0.25, 0.3) is 27.6 Å². The van der Waals surface area contributed by atoms with Gasteiger partial charge < -0.3 is 4.42 Å². The van der Waals surface area contributed by atoms with Crippen molar-refractivity contribution in [2.45, 2.75) is 6.18 Å². The van der Waals surface area contributed by atoms with Gasteiger partial charge in [-0.05, 0) is 18.2 Å². The standard InChI is InChI=1S/C17H9F3N2O2/c18-17(19,20)14-13-11-8-4-5-9-12(11)16(23)24-15(13)22(21-14)10-6-2-1-3-7-10/h1-9H. The average molecular weight is 330 g/mol. The Balaban J connectivity index is 2.23. The molecule has 120 valence electrons. The van der Waals surface area contributed by atoms with Crippen molar-refractivity contribution in [3.63, 3.8) is 0 Å². The molecule has 0 atom stereocenters. The molecule has 0 fully saturated rings. The molecule has 2 aromatic carbocycles. The number of halogens is 3. The van der Waals surface area contributed by atoms with E-state index in [1.54, 1.807) is 42.5 Å². The summed E-state index contributed by atoms with van der Waals surface area (Å²) >= 11 is 0. The van der Waals surface area contributed by atoms with Gasteiger partial charge in [0.15, 0.2) is 5.69 Å². The molecule has 0 aliphatic rings. The fourth-order valence-electron chi connectivity index (χ4n) is 2.70. The second-order valence-electron chi connectivity index (χ2n) is 5.21. The highest BCUT2D eigenvalue weighted by Crippen LogP contribution is 2.37. The zero-order valence-electron chi connectivity index (χ0n) is 12.0. The predicted octanol–water partition coefficient (Wildman–Crippen LogP) is 4.15. The molecule has 2 aromatic heterocycles. The van der Waals surface area contributed by atoms with E-state index in [0.717, 1.165) is 4.68 Å². The van der Waals surface area contributed by atoms with E-state index in [1.165, 1.54) is 12.1 Å². The van der Waals surface area contributed by atoms with Crippen LogP contribution in [0.2, 0.25) is 0 Å². The summed E-state index contributed by atoms with van der Waals surface area (Å²) in [5.74, 6) is 0. The number of alkyl halides is 3. The molecule has 0 saturated carbocycles. The fraction of sp³-hybridized carbons (Fsp3) is 0.0588. The van der Waals surface area contributed by atoms with E-state index in [9.17, 15) is 18.0 Å². The van der Waals surface area contributed by atoms with Crippen LogP contribution < -0.4 is 5.63 Å². The molecule has 0 unspecified atom stereocenters. The number of fused-ring (bicyclic) bond motifs is 3. The van der Waals surface area contributed by atoms with Gasteiger partial charge in [0.2, 0.25) is 5.71 Å². The number of rotatable bonds is 1. The van der Waals surface area contributed by atoms with E-state index in [0.29, 0.717) is 5.69 Å². The van der Waals surface area contributed by atoms with Crippen LogP contribution >= 0.6 is 0 Å². The molecular weight excluding hydrogens is 321 g/mol. The summed E-state index contributed by atoms with van der Waals surface area (Å²) in [4.78, 5) is 12.1. The third-order valence-electron chi connectivity index (χ3n) is 3.72. The van der Waals surface area contributed by atoms with Gasteiger partial charge in [-0.15, -0.1) is 0 Å². The highest BCUT2D eigenvalue weighted by atomic mass is 19.4. The Morgan fingerprint density at radius 3 is 2.21 bits per heavy atom. The van der Waals surface area contributed by atoms with Crippen LogP contribution in [0.5, 0.6) is 0 Å². The van der Waals surface area contributed by atoms with Crippen LogP contribution in [0.15, 0.2) is 63.8 Å². The lowest BCUT2D eigenvalue weighted by Crippen LogP contribution is -2.07. The van der Waals surface area contributed by atoms with E-state index in [-0.39, 0.29) is 21.9 Å². The summed E-state index contributed by atoms with van der Waals surface area (Å²) in [7, 11) is 0. The number of para-hydroxylation sites is 1. The van der Waals surface area contributed by atoms with Crippen LogP contribution in [0, 0.1) is 0 Å². The summed E-state index contributed by atoms with van der Waals surface area (Å²) < 4.78 is 46.6. The van der Waals surface area contributed by atoms with Gasteiger partial charge in [-0.3, -0.25) is 0 Å². The molecular formula is C17H9F3N2O2. The number of benzene rings is 2. The SMILES string of the molecule is O=c1oc2c(c(C(F)(F)F)nn2-c2ccccc2)c2ccccc12. The van der Waals surface area contributed by atoms with Gasteiger partial charge in [-0.2, -0.15) is 23.0 Å². The predicted molar refractivity (Wildman–Crippen MR) is 82.1 cm³/mol. The van der Waals surface area contributed by atoms with E-state index < -0.39 is 17.5 Å². The van der Waals surface area contributed by atoms with Crippen molar-refractivity contribution in [1.29, 1.82) is 0 Å². The maximum Gasteiger partial charge on any atom is 0.435 e. The molecule has 0 aliphatic heterocycles.